The van der Waals surface area contributed by atoms with Crippen LogP contribution in [0.25, 0.3) is 0 Å². The average Bonchev–Trinajstić information content (AvgIpc) is 1.65. The predicted octanol–water partition coefficient (Wildman–Crippen LogP) is 0.490. The second-order valence-electron chi connectivity index (χ2n) is 2.62. The SMILES string of the molecule is CC(C)CN(C)CN. The molecule has 0 saturated heterocycles. The van der Waals surface area contributed by atoms with E-state index in [2.05, 4.69) is 18.7 Å². The number of hydrogen-bond donors (Lipinski definition) is 1. The minimum Gasteiger partial charge on any atom is -0.318 e. The van der Waals surface area contributed by atoms with Gasteiger partial charge in [-0.2, -0.15) is 0 Å². The van der Waals surface area contributed by atoms with Gasteiger partial charge in [0, 0.05) is 13.2 Å². The molecule has 0 aliphatic rings. The molecule has 0 aliphatic carbocycles. The molecular formula is C6H16N2. The Morgan fingerprint density at radius 2 is 2.00 bits per heavy atom. The first-order valence-electron chi connectivity index (χ1n) is 3.05. The van der Waals surface area contributed by atoms with Gasteiger partial charge >= 0.3 is 0 Å². The average molecular weight is 116 g/mol. The zero-order chi connectivity index (χ0) is 6.57. The van der Waals surface area contributed by atoms with Crippen LogP contribution in [0, 0.1) is 5.92 Å². The maximum atomic E-state index is 5.35. The van der Waals surface area contributed by atoms with Crippen LogP contribution >= 0.6 is 0 Å². The fraction of sp³-hybridized carbons (Fsp3) is 1.00. The molecule has 0 heterocycles. The molecule has 2 N–H and O–H groups in total. The molecule has 2 heteroatoms. The fourth-order valence-corrected chi connectivity index (χ4v) is 0.698. The highest BCUT2D eigenvalue weighted by Gasteiger charge is 1.96. The van der Waals surface area contributed by atoms with Gasteiger partial charge < -0.3 is 5.73 Å². The van der Waals surface area contributed by atoms with Crippen LogP contribution in [0.2, 0.25) is 0 Å². The van der Waals surface area contributed by atoms with E-state index in [0.717, 1.165) is 12.5 Å². The van der Waals surface area contributed by atoms with Gasteiger partial charge in [0.05, 0.1) is 0 Å². The van der Waals surface area contributed by atoms with Crippen LogP contribution in [0.5, 0.6) is 0 Å². The van der Waals surface area contributed by atoms with Crippen LogP contribution in [-0.4, -0.2) is 25.2 Å². The molecule has 0 atom stereocenters. The van der Waals surface area contributed by atoms with E-state index in [9.17, 15) is 0 Å². The summed E-state index contributed by atoms with van der Waals surface area (Å²) in [4.78, 5) is 2.10. The Labute approximate surface area is 51.7 Å². The normalized spacial score (nSPS) is 11.2. The molecule has 8 heavy (non-hydrogen) atoms. The molecule has 0 radical (unpaired) electrons. The lowest BCUT2D eigenvalue weighted by Crippen LogP contribution is -2.29. The van der Waals surface area contributed by atoms with E-state index in [1.54, 1.807) is 0 Å². The van der Waals surface area contributed by atoms with Gasteiger partial charge in [0.15, 0.2) is 0 Å². The third-order valence-electron chi connectivity index (χ3n) is 0.988. The van der Waals surface area contributed by atoms with E-state index in [4.69, 9.17) is 5.73 Å². The Bertz CT molecular complexity index is 52.5. The molecular weight excluding hydrogens is 100 g/mol. The van der Waals surface area contributed by atoms with Crippen molar-refractivity contribution in [1.82, 2.24) is 4.90 Å². The maximum Gasteiger partial charge on any atom is 0.0452 e. The zero-order valence-electron chi connectivity index (χ0n) is 6.02. The topological polar surface area (TPSA) is 29.3 Å². The summed E-state index contributed by atoms with van der Waals surface area (Å²) >= 11 is 0. The summed E-state index contributed by atoms with van der Waals surface area (Å²) < 4.78 is 0. The Morgan fingerprint density at radius 1 is 1.50 bits per heavy atom. The van der Waals surface area contributed by atoms with Crippen LogP contribution in [0.3, 0.4) is 0 Å². The highest BCUT2D eigenvalue weighted by Crippen LogP contribution is 1.92. The van der Waals surface area contributed by atoms with Crippen molar-refractivity contribution < 1.29 is 0 Å². The monoisotopic (exact) mass is 116 g/mol. The van der Waals surface area contributed by atoms with Crippen LogP contribution in [-0.2, 0) is 0 Å². The van der Waals surface area contributed by atoms with Crippen LogP contribution in [0.1, 0.15) is 13.8 Å². The van der Waals surface area contributed by atoms with Gasteiger partial charge in [-0.05, 0) is 13.0 Å². The van der Waals surface area contributed by atoms with Crippen molar-refractivity contribution in [3.05, 3.63) is 0 Å². The van der Waals surface area contributed by atoms with E-state index in [0.29, 0.717) is 6.67 Å². The number of rotatable bonds is 3. The van der Waals surface area contributed by atoms with E-state index < -0.39 is 0 Å². The summed E-state index contributed by atoms with van der Waals surface area (Å²) in [7, 11) is 2.03. The second-order valence-corrected chi connectivity index (χ2v) is 2.62. The van der Waals surface area contributed by atoms with Crippen LogP contribution in [0.4, 0.5) is 0 Å². The molecule has 0 unspecified atom stereocenters. The highest BCUT2D eigenvalue weighted by atomic mass is 15.1. The summed E-state index contributed by atoms with van der Waals surface area (Å²) in [6.07, 6.45) is 0. The van der Waals surface area contributed by atoms with Gasteiger partial charge in [-0.1, -0.05) is 13.8 Å². The molecule has 2 nitrogen and oxygen atoms in total. The van der Waals surface area contributed by atoms with Crippen molar-refractivity contribution in [1.29, 1.82) is 0 Å². The molecule has 0 spiro atoms. The summed E-state index contributed by atoms with van der Waals surface area (Å²) in [5, 5.41) is 0. The second kappa shape index (κ2) is 3.87. The first kappa shape index (κ1) is 7.92. The quantitative estimate of drug-likeness (QED) is 0.544. The van der Waals surface area contributed by atoms with Gasteiger partial charge in [-0.3, -0.25) is 4.90 Å². The molecule has 0 aliphatic heterocycles. The molecule has 0 rings (SSSR count). The van der Waals surface area contributed by atoms with E-state index in [-0.39, 0.29) is 0 Å². The Hall–Kier alpha value is -0.0800. The highest BCUT2D eigenvalue weighted by molar-refractivity contribution is 4.49. The lowest BCUT2D eigenvalue weighted by atomic mass is 10.2. The Kier molecular flexibility index (Phi) is 3.83. The van der Waals surface area contributed by atoms with Crippen molar-refractivity contribution in [2.24, 2.45) is 11.7 Å². The molecule has 0 fully saturated rings. The summed E-state index contributed by atoms with van der Waals surface area (Å²) in [5.74, 6) is 0.726. The maximum absolute atomic E-state index is 5.35. The smallest absolute Gasteiger partial charge is 0.0452 e. The van der Waals surface area contributed by atoms with Gasteiger partial charge in [-0.15, -0.1) is 0 Å². The van der Waals surface area contributed by atoms with Gasteiger partial charge in [0.2, 0.25) is 0 Å². The van der Waals surface area contributed by atoms with Crippen molar-refractivity contribution >= 4 is 0 Å². The zero-order valence-corrected chi connectivity index (χ0v) is 6.02. The fourth-order valence-electron chi connectivity index (χ4n) is 0.698. The number of nitrogens with two attached hydrogens (primary N) is 1. The molecule has 50 valence electrons. The minimum absolute atomic E-state index is 0.665. The van der Waals surface area contributed by atoms with Gasteiger partial charge in [0.25, 0.3) is 0 Å². The molecule has 0 bridgehead atoms. The van der Waals surface area contributed by atoms with Crippen molar-refractivity contribution in [2.45, 2.75) is 13.8 Å². The Balaban J connectivity index is 3.10. The van der Waals surface area contributed by atoms with Crippen molar-refractivity contribution in [3.63, 3.8) is 0 Å². The molecule has 0 aromatic carbocycles. The van der Waals surface area contributed by atoms with Crippen LogP contribution < -0.4 is 5.73 Å². The molecule has 0 amide bonds. The lowest BCUT2D eigenvalue weighted by Gasteiger charge is -2.15. The first-order chi connectivity index (χ1) is 3.66. The number of nitrogens with zero attached hydrogens (tertiary/aromatic N) is 1. The Morgan fingerprint density at radius 3 is 2.12 bits per heavy atom. The predicted molar refractivity (Wildman–Crippen MR) is 36.5 cm³/mol. The van der Waals surface area contributed by atoms with Crippen molar-refractivity contribution in [3.8, 4) is 0 Å². The molecule has 0 aromatic heterocycles. The summed E-state index contributed by atoms with van der Waals surface area (Å²) in [6.45, 7) is 6.13. The van der Waals surface area contributed by atoms with Gasteiger partial charge in [0.1, 0.15) is 0 Å². The van der Waals surface area contributed by atoms with Crippen LogP contribution in [0.15, 0.2) is 0 Å². The lowest BCUT2D eigenvalue weighted by molar-refractivity contribution is 0.304. The van der Waals surface area contributed by atoms with Gasteiger partial charge in [-0.25, -0.2) is 0 Å². The number of hydrogen-bond acceptors (Lipinski definition) is 2. The van der Waals surface area contributed by atoms with E-state index >= 15 is 0 Å². The third-order valence-corrected chi connectivity index (χ3v) is 0.988. The summed E-state index contributed by atoms with van der Waals surface area (Å²) in [6, 6.07) is 0. The third kappa shape index (κ3) is 4.09. The standard InChI is InChI=1S/C6H16N2/c1-6(2)4-8(3)5-7/h6H,4-5,7H2,1-3H3. The first-order valence-corrected chi connectivity index (χ1v) is 3.05. The molecule has 0 aromatic rings. The largest absolute Gasteiger partial charge is 0.318 e. The summed E-state index contributed by atoms with van der Waals surface area (Å²) in [5.41, 5.74) is 5.35. The van der Waals surface area contributed by atoms with E-state index in [1.807, 2.05) is 7.05 Å². The van der Waals surface area contributed by atoms with Crippen molar-refractivity contribution in [2.75, 3.05) is 20.3 Å². The van der Waals surface area contributed by atoms with E-state index in [1.165, 1.54) is 0 Å². The molecule has 0 saturated carbocycles. The minimum atomic E-state index is 0.665.